The standard InChI is InChI=1S/C12H21N3/c1-5-13-8-11-9-14-7-6-12(11)15(4)10(2)3/h6-7,9-10,13H,5,8H2,1-4H3. The lowest BCUT2D eigenvalue weighted by atomic mass is 10.2. The fraction of sp³-hybridized carbons (Fsp3) is 0.583. The Bertz CT molecular complexity index is 297. The highest BCUT2D eigenvalue weighted by Crippen LogP contribution is 2.19. The van der Waals surface area contributed by atoms with Crippen LogP contribution in [0.2, 0.25) is 0 Å². The summed E-state index contributed by atoms with van der Waals surface area (Å²) in [5.74, 6) is 0. The molecule has 0 atom stereocenters. The van der Waals surface area contributed by atoms with E-state index in [9.17, 15) is 0 Å². The summed E-state index contributed by atoms with van der Waals surface area (Å²) in [6, 6.07) is 2.58. The van der Waals surface area contributed by atoms with Crippen molar-refractivity contribution in [1.29, 1.82) is 0 Å². The first kappa shape index (κ1) is 12.0. The van der Waals surface area contributed by atoms with Crippen LogP contribution in [0.1, 0.15) is 26.3 Å². The minimum absolute atomic E-state index is 0.507. The first-order chi connectivity index (χ1) is 7.16. The van der Waals surface area contributed by atoms with Gasteiger partial charge in [0, 0.05) is 43.3 Å². The number of pyridine rings is 1. The Kier molecular flexibility index (Phi) is 4.56. The maximum absolute atomic E-state index is 4.17. The van der Waals surface area contributed by atoms with Gasteiger partial charge >= 0.3 is 0 Å². The van der Waals surface area contributed by atoms with Gasteiger partial charge < -0.3 is 10.2 Å². The average molecular weight is 207 g/mol. The second-order valence-electron chi connectivity index (χ2n) is 3.99. The second kappa shape index (κ2) is 5.71. The molecule has 0 bridgehead atoms. The molecule has 0 aliphatic rings. The molecule has 3 nitrogen and oxygen atoms in total. The summed E-state index contributed by atoms with van der Waals surface area (Å²) >= 11 is 0. The molecular formula is C12H21N3. The van der Waals surface area contributed by atoms with E-state index in [4.69, 9.17) is 0 Å². The van der Waals surface area contributed by atoms with Crippen molar-refractivity contribution in [2.45, 2.75) is 33.4 Å². The van der Waals surface area contributed by atoms with E-state index >= 15 is 0 Å². The van der Waals surface area contributed by atoms with E-state index in [0.717, 1.165) is 13.1 Å². The summed E-state index contributed by atoms with van der Waals surface area (Å²) in [6.07, 6.45) is 3.79. The van der Waals surface area contributed by atoms with E-state index < -0.39 is 0 Å². The molecule has 84 valence electrons. The van der Waals surface area contributed by atoms with E-state index in [0.29, 0.717) is 6.04 Å². The molecule has 1 aromatic rings. The van der Waals surface area contributed by atoms with Crippen LogP contribution in [0.25, 0.3) is 0 Å². The minimum atomic E-state index is 0.507. The maximum Gasteiger partial charge on any atom is 0.0442 e. The van der Waals surface area contributed by atoms with Gasteiger partial charge in [-0.15, -0.1) is 0 Å². The molecule has 0 aliphatic heterocycles. The van der Waals surface area contributed by atoms with E-state index in [2.05, 4.69) is 49.1 Å². The molecule has 0 amide bonds. The van der Waals surface area contributed by atoms with Crippen LogP contribution in [0.15, 0.2) is 18.5 Å². The third-order valence-corrected chi connectivity index (χ3v) is 2.60. The van der Waals surface area contributed by atoms with E-state index in [1.807, 2.05) is 12.4 Å². The molecule has 3 heteroatoms. The van der Waals surface area contributed by atoms with Crippen LogP contribution in [0.5, 0.6) is 0 Å². The van der Waals surface area contributed by atoms with Crippen molar-refractivity contribution in [3.63, 3.8) is 0 Å². The smallest absolute Gasteiger partial charge is 0.0442 e. The van der Waals surface area contributed by atoms with Crippen molar-refractivity contribution in [3.8, 4) is 0 Å². The van der Waals surface area contributed by atoms with Crippen molar-refractivity contribution >= 4 is 5.69 Å². The van der Waals surface area contributed by atoms with Gasteiger partial charge in [-0.25, -0.2) is 0 Å². The third kappa shape index (κ3) is 3.20. The van der Waals surface area contributed by atoms with Gasteiger partial charge in [0.2, 0.25) is 0 Å². The number of anilines is 1. The zero-order chi connectivity index (χ0) is 11.3. The number of aromatic nitrogens is 1. The Balaban J connectivity index is 2.85. The minimum Gasteiger partial charge on any atom is -0.372 e. The van der Waals surface area contributed by atoms with Crippen molar-refractivity contribution in [2.24, 2.45) is 0 Å². The quantitative estimate of drug-likeness (QED) is 0.801. The Morgan fingerprint density at radius 1 is 1.47 bits per heavy atom. The summed E-state index contributed by atoms with van der Waals surface area (Å²) in [4.78, 5) is 6.45. The average Bonchev–Trinajstić information content (AvgIpc) is 2.25. The van der Waals surface area contributed by atoms with Gasteiger partial charge in [-0.1, -0.05) is 6.92 Å². The highest BCUT2D eigenvalue weighted by molar-refractivity contribution is 5.52. The van der Waals surface area contributed by atoms with Gasteiger partial charge in [0.1, 0.15) is 0 Å². The molecule has 1 rings (SSSR count). The molecule has 0 aromatic carbocycles. The molecule has 0 radical (unpaired) electrons. The molecule has 0 spiro atoms. The number of hydrogen-bond acceptors (Lipinski definition) is 3. The number of rotatable bonds is 5. The molecular weight excluding hydrogens is 186 g/mol. The maximum atomic E-state index is 4.17. The van der Waals surface area contributed by atoms with Crippen LogP contribution in [0.4, 0.5) is 5.69 Å². The first-order valence-electron chi connectivity index (χ1n) is 5.53. The zero-order valence-corrected chi connectivity index (χ0v) is 10.1. The van der Waals surface area contributed by atoms with Crippen LogP contribution in [0.3, 0.4) is 0 Å². The predicted molar refractivity (Wildman–Crippen MR) is 65.2 cm³/mol. The van der Waals surface area contributed by atoms with Crippen LogP contribution >= 0.6 is 0 Å². The summed E-state index contributed by atoms with van der Waals surface area (Å²) < 4.78 is 0. The first-order valence-corrected chi connectivity index (χ1v) is 5.53. The Labute approximate surface area is 92.5 Å². The summed E-state index contributed by atoms with van der Waals surface area (Å²) in [5.41, 5.74) is 2.52. The van der Waals surface area contributed by atoms with Crippen LogP contribution in [-0.2, 0) is 6.54 Å². The fourth-order valence-electron chi connectivity index (χ4n) is 1.44. The highest BCUT2D eigenvalue weighted by Gasteiger charge is 2.09. The molecule has 0 unspecified atom stereocenters. The molecule has 1 heterocycles. The molecule has 0 saturated carbocycles. The SMILES string of the molecule is CCNCc1cnccc1N(C)C(C)C. The van der Waals surface area contributed by atoms with Crippen LogP contribution < -0.4 is 10.2 Å². The van der Waals surface area contributed by atoms with Crippen molar-refractivity contribution in [3.05, 3.63) is 24.0 Å². The Morgan fingerprint density at radius 3 is 2.80 bits per heavy atom. The number of nitrogens with one attached hydrogen (secondary N) is 1. The molecule has 1 N–H and O–H groups in total. The molecule has 0 aliphatic carbocycles. The lowest BCUT2D eigenvalue weighted by Crippen LogP contribution is -2.27. The molecule has 0 fully saturated rings. The fourth-order valence-corrected chi connectivity index (χ4v) is 1.44. The lowest BCUT2D eigenvalue weighted by Gasteiger charge is -2.26. The van der Waals surface area contributed by atoms with E-state index in [1.165, 1.54) is 11.3 Å². The predicted octanol–water partition coefficient (Wildman–Crippen LogP) is 2.04. The van der Waals surface area contributed by atoms with E-state index in [1.54, 1.807) is 0 Å². The Morgan fingerprint density at radius 2 is 2.20 bits per heavy atom. The summed E-state index contributed by atoms with van der Waals surface area (Å²) in [6.45, 7) is 8.37. The lowest BCUT2D eigenvalue weighted by molar-refractivity contribution is 0.706. The summed E-state index contributed by atoms with van der Waals surface area (Å²) in [7, 11) is 2.12. The van der Waals surface area contributed by atoms with Crippen molar-refractivity contribution < 1.29 is 0 Å². The molecule has 0 saturated heterocycles. The monoisotopic (exact) mass is 207 g/mol. The van der Waals surface area contributed by atoms with Gasteiger partial charge in [0.15, 0.2) is 0 Å². The Hall–Kier alpha value is -1.09. The second-order valence-corrected chi connectivity index (χ2v) is 3.99. The molecule has 1 aromatic heterocycles. The summed E-state index contributed by atoms with van der Waals surface area (Å²) in [5, 5.41) is 3.33. The van der Waals surface area contributed by atoms with Gasteiger partial charge in [0.05, 0.1) is 0 Å². The van der Waals surface area contributed by atoms with Gasteiger partial charge in [-0.05, 0) is 26.5 Å². The van der Waals surface area contributed by atoms with Crippen LogP contribution in [0, 0.1) is 0 Å². The third-order valence-electron chi connectivity index (χ3n) is 2.60. The van der Waals surface area contributed by atoms with Crippen molar-refractivity contribution in [2.75, 3.05) is 18.5 Å². The number of hydrogen-bond donors (Lipinski definition) is 1. The largest absolute Gasteiger partial charge is 0.372 e. The van der Waals surface area contributed by atoms with Gasteiger partial charge in [-0.3, -0.25) is 4.98 Å². The van der Waals surface area contributed by atoms with Crippen molar-refractivity contribution in [1.82, 2.24) is 10.3 Å². The number of nitrogens with zero attached hydrogens (tertiary/aromatic N) is 2. The van der Waals surface area contributed by atoms with Gasteiger partial charge in [-0.2, -0.15) is 0 Å². The van der Waals surface area contributed by atoms with Gasteiger partial charge in [0.25, 0.3) is 0 Å². The van der Waals surface area contributed by atoms with E-state index in [-0.39, 0.29) is 0 Å². The topological polar surface area (TPSA) is 28.2 Å². The molecule has 15 heavy (non-hydrogen) atoms. The highest BCUT2D eigenvalue weighted by atomic mass is 15.1. The van der Waals surface area contributed by atoms with Crippen LogP contribution in [-0.4, -0.2) is 24.6 Å². The normalized spacial score (nSPS) is 10.7. The zero-order valence-electron chi connectivity index (χ0n) is 10.1.